The van der Waals surface area contributed by atoms with Crippen molar-refractivity contribution in [3.63, 3.8) is 0 Å². The largest absolute Gasteiger partial charge is 0.463 e. The van der Waals surface area contributed by atoms with Crippen LogP contribution in [0.2, 0.25) is 0 Å². The molecule has 1 saturated carbocycles. The summed E-state index contributed by atoms with van der Waals surface area (Å²) in [4.78, 5) is 19.4. The summed E-state index contributed by atoms with van der Waals surface area (Å²) >= 11 is 0. The van der Waals surface area contributed by atoms with E-state index in [-0.39, 0.29) is 5.82 Å². The van der Waals surface area contributed by atoms with E-state index >= 15 is 0 Å². The van der Waals surface area contributed by atoms with Gasteiger partial charge in [-0.3, -0.25) is 0 Å². The fourth-order valence-corrected chi connectivity index (χ4v) is 2.36. The first-order chi connectivity index (χ1) is 9.22. The van der Waals surface area contributed by atoms with Crippen LogP contribution in [-0.2, 0) is 4.74 Å². The van der Waals surface area contributed by atoms with E-state index in [4.69, 9.17) is 0 Å². The van der Waals surface area contributed by atoms with Gasteiger partial charge in [0.25, 0.3) is 0 Å². The predicted molar refractivity (Wildman–Crippen MR) is 72.1 cm³/mol. The van der Waals surface area contributed by atoms with Crippen LogP contribution in [0.3, 0.4) is 0 Å². The Hall–Kier alpha value is -1.69. The van der Waals surface area contributed by atoms with Gasteiger partial charge in [-0.15, -0.1) is 0 Å². The Labute approximate surface area is 113 Å². The minimum absolute atomic E-state index is 0.0939. The molecule has 19 heavy (non-hydrogen) atoms. The van der Waals surface area contributed by atoms with Gasteiger partial charge < -0.3 is 15.4 Å². The Balaban J connectivity index is 1.94. The first kappa shape index (κ1) is 13.7. The zero-order valence-corrected chi connectivity index (χ0v) is 11.3. The van der Waals surface area contributed by atoms with Gasteiger partial charge in [0.15, 0.2) is 0 Å². The molecule has 0 aliphatic heterocycles. The van der Waals surface area contributed by atoms with Crippen molar-refractivity contribution in [3.05, 3.63) is 18.1 Å². The molecule has 6 heteroatoms. The average Bonchev–Trinajstić information content (AvgIpc) is 2.47. The number of nitrogens with one attached hydrogen (secondary N) is 2. The molecule has 1 aliphatic rings. The summed E-state index contributed by atoms with van der Waals surface area (Å²) < 4.78 is 4.61. The van der Waals surface area contributed by atoms with Gasteiger partial charge in [0.05, 0.1) is 7.11 Å². The highest BCUT2D eigenvalue weighted by atomic mass is 16.5. The summed E-state index contributed by atoms with van der Waals surface area (Å²) in [5.74, 6) is 0.266. The number of anilines is 1. The summed E-state index contributed by atoms with van der Waals surface area (Å²) in [6.07, 6.45) is 6.08. The molecule has 1 aliphatic carbocycles. The molecule has 1 heterocycles. The van der Waals surface area contributed by atoms with Crippen molar-refractivity contribution in [1.29, 1.82) is 0 Å². The Kier molecular flexibility index (Phi) is 4.68. The van der Waals surface area contributed by atoms with Crippen LogP contribution >= 0.6 is 0 Å². The summed E-state index contributed by atoms with van der Waals surface area (Å²) in [6, 6.07) is 2.80. The monoisotopic (exact) mass is 264 g/mol. The Bertz CT molecular complexity index is 430. The van der Waals surface area contributed by atoms with E-state index in [1.807, 2.05) is 7.05 Å². The second kappa shape index (κ2) is 6.47. The van der Waals surface area contributed by atoms with Gasteiger partial charge >= 0.3 is 5.97 Å². The molecule has 0 atom stereocenters. The van der Waals surface area contributed by atoms with Crippen LogP contribution < -0.4 is 10.6 Å². The highest BCUT2D eigenvalue weighted by Crippen LogP contribution is 2.21. The number of carbonyl (C=O) groups is 1. The standard InChI is InChI=1S/C13H20N4O2/c1-14-9-3-5-10(6-4-9)16-11-7-8-15-12(17-11)13(18)19-2/h7-10,14H,3-6H2,1-2H3,(H,15,16,17). The van der Waals surface area contributed by atoms with Gasteiger partial charge in [-0.05, 0) is 38.8 Å². The Morgan fingerprint density at radius 2 is 2.00 bits per heavy atom. The number of carbonyl (C=O) groups excluding carboxylic acids is 1. The van der Waals surface area contributed by atoms with E-state index in [1.165, 1.54) is 7.11 Å². The lowest BCUT2D eigenvalue weighted by molar-refractivity contribution is 0.0587. The third-order valence-electron chi connectivity index (χ3n) is 3.51. The van der Waals surface area contributed by atoms with Crippen molar-refractivity contribution in [2.45, 2.75) is 37.8 Å². The molecule has 0 amide bonds. The van der Waals surface area contributed by atoms with Crippen LogP contribution in [0.5, 0.6) is 0 Å². The number of aromatic nitrogens is 2. The molecule has 2 rings (SSSR count). The van der Waals surface area contributed by atoms with Crippen molar-refractivity contribution in [2.75, 3.05) is 19.5 Å². The number of nitrogens with zero attached hydrogens (tertiary/aromatic N) is 2. The average molecular weight is 264 g/mol. The molecule has 0 saturated heterocycles. The van der Waals surface area contributed by atoms with Crippen molar-refractivity contribution in [2.24, 2.45) is 0 Å². The molecule has 1 fully saturated rings. The van der Waals surface area contributed by atoms with E-state index in [9.17, 15) is 4.79 Å². The quantitative estimate of drug-likeness (QED) is 0.796. The molecule has 0 radical (unpaired) electrons. The molecule has 0 spiro atoms. The van der Waals surface area contributed by atoms with Crippen LogP contribution in [0.25, 0.3) is 0 Å². The lowest BCUT2D eigenvalue weighted by Gasteiger charge is -2.29. The fraction of sp³-hybridized carbons (Fsp3) is 0.615. The highest BCUT2D eigenvalue weighted by molar-refractivity contribution is 5.85. The highest BCUT2D eigenvalue weighted by Gasteiger charge is 2.20. The van der Waals surface area contributed by atoms with E-state index < -0.39 is 5.97 Å². The van der Waals surface area contributed by atoms with Crippen molar-refractivity contribution in [1.82, 2.24) is 15.3 Å². The maximum atomic E-state index is 11.4. The zero-order chi connectivity index (χ0) is 13.7. The van der Waals surface area contributed by atoms with Gasteiger partial charge in [-0.25, -0.2) is 14.8 Å². The molecule has 6 nitrogen and oxygen atoms in total. The molecular weight excluding hydrogens is 244 g/mol. The predicted octanol–water partition coefficient (Wildman–Crippen LogP) is 1.21. The number of rotatable bonds is 4. The minimum atomic E-state index is -0.512. The number of hydrogen-bond acceptors (Lipinski definition) is 6. The molecule has 0 bridgehead atoms. The first-order valence-corrected chi connectivity index (χ1v) is 6.58. The molecule has 0 unspecified atom stereocenters. The van der Waals surface area contributed by atoms with E-state index in [0.717, 1.165) is 25.7 Å². The van der Waals surface area contributed by atoms with Crippen LogP contribution in [0.4, 0.5) is 5.82 Å². The number of methoxy groups -OCH3 is 1. The van der Waals surface area contributed by atoms with E-state index in [1.54, 1.807) is 12.3 Å². The fourth-order valence-electron chi connectivity index (χ4n) is 2.36. The van der Waals surface area contributed by atoms with Gasteiger partial charge in [-0.1, -0.05) is 0 Å². The van der Waals surface area contributed by atoms with Crippen LogP contribution in [-0.4, -0.2) is 42.2 Å². The molecular formula is C13H20N4O2. The summed E-state index contributed by atoms with van der Waals surface area (Å²) in [5.41, 5.74) is 0. The Morgan fingerprint density at radius 1 is 1.32 bits per heavy atom. The number of esters is 1. The van der Waals surface area contributed by atoms with Crippen molar-refractivity contribution < 1.29 is 9.53 Å². The summed E-state index contributed by atoms with van der Waals surface area (Å²) in [6.45, 7) is 0. The summed E-state index contributed by atoms with van der Waals surface area (Å²) in [7, 11) is 3.33. The Morgan fingerprint density at radius 3 is 2.63 bits per heavy atom. The van der Waals surface area contributed by atoms with Gasteiger partial charge in [0.2, 0.25) is 5.82 Å². The topological polar surface area (TPSA) is 76.1 Å². The van der Waals surface area contributed by atoms with Gasteiger partial charge in [-0.2, -0.15) is 0 Å². The first-order valence-electron chi connectivity index (χ1n) is 6.58. The third-order valence-corrected chi connectivity index (χ3v) is 3.51. The third kappa shape index (κ3) is 3.64. The van der Waals surface area contributed by atoms with Crippen molar-refractivity contribution >= 4 is 11.8 Å². The lowest BCUT2D eigenvalue weighted by Crippen LogP contribution is -2.35. The molecule has 1 aromatic heterocycles. The maximum absolute atomic E-state index is 11.4. The minimum Gasteiger partial charge on any atom is -0.463 e. The molecule has 0 aromatic carbocycles. The normalized spacial score (nSPS) is 22.8. The lowest BCUT2D eigenvalue weighted by atomic mass is 9.91. The van der Waals surface area contributed by atoms with E-state index in [0.29, 0.717) is 17.9 Å². The van der Waals surface area contributed by atoms with E-state index in [2.05, 4.69) is 25.3 Å². The van der Waals surface area contributed by atoms with Crippen molar-refractivity contribution in [3.8, 4) is 0 Å². The number of hydrogen-bond donors (Lipinski definition) is 2. The zero-order valence-electron chi connectivity index (χ0n) is 11.3. The maximum Gasteiger partial charge on any atom is 0.376 e. The second-order valence-corrected chi connectivity index (χ2v) is 4.74. The van der Waals surface area contributed by atoms with Gasteiger partial charge in [0.1, 0.15) is 5.82 Å². The van der Waals surface area contributed by atoms with Crippen LogP contribution in [0, 0.1) is 0 Å². The van der Waals surface area contributed by atoms with Crippen LogP contribution in [0.1, 0.15) is 36.3 Å². The summed E-state index contributed by atoms with van der Waals surface area (Å²) in [5, 5.41) is 6.66. The molecule has 2 N–H and O–H groups in total. The second-order valence-electron chi connectivity index (χ2n) is 4.74. The van der Waals surface area contributed by atoms with Crippen LogP contribution in [0.15, 0.2) is 12.3 Å². The SMILES string of the molecule is CNC1CCC(Nc2ccnc(C(=O)OC)n2)CC1. The van der Waals surface area contributed by atoms with Gasteiger partial charge in [0, 0.05) is 18.3 Å². The molecule has 104 valence electrons. The molecule has 1 aromatic rings. The smallest absolute Gasteiger partial charge is 0.376 e. The number of ether oxygens (including phenoxy) is 1.